The molecular formula is C18H25Cl2SiZr. The van der Waals surface area contributed by atoms with Gasteiger partial charge in [0.2, 0.25) is 0 Å². The number of halogens is 2. The molecule has 119 valence electrons. The van der Waals surface area contributed by atoms with Crippen LogP contribution in [0.3, 0.4) is 0 Å². The van der Waals surface area contributed by atoms with Crippen LogP contribution in [0.2, 0.25) is 6.55 Å². The predicted molar refractivity (Wildman–Crippen MR) is 90.4 cm³/mol. The van der Waals surface area contributed by atoms with Gasteiger partial charge in [0.05, 0.1) is 0 Å². The molecule has 0 spiro atoms. The molecule has 0 radical (unpaired) electrons. The van der Waals surface area contributed by atoms with E-state index in [0.717, 1.165) is 3.63 Å². The van der Waals surface area contributed by atoms with E-state index in [0.29, 0.717) is 0 Å². The summed E-state index contributed by atoms with van der Waals surface area (Å²) in [5.74, 6) is 0. The Bertz CT molecular complexity index is 564. The summed E-state index contributed by atoms with van der Waals surface area (Å²) in [4.78, 5) is 0. The zero-order valence-electron chi connectivity index (χ0n) is 13.9. The third-order valence-corrected chi connectivity index (χ3v) is 21.6. The van der Waals surface area contributed by atoms with Gasteiger partial charge < -0.3 is 24.8 Å². The first-order valence-electron chi connectivity index (χ1n) is 7.80. The van der Waals surface area contributed by atoms with Crippen molar-refractivity contribution in [1.82, 2.24) is 0 Å². The Morgan fingerprint density at radius 2 is 1.82 bits per heavy atom. The Morgan fingerprint density at radius 1 is 1.14 bits per heavy atom. The Morgan fingerprint density at radius 3 is 2.41 bits per heavy atom. The average Bonchev–Trinajstić information content (AvgIpc) is 3.10. The van der Waals surface area contributed by atoms with Crippen LogP contribution in [0, 0.1) is 0 Å². The Labute approximate surface area is 157 Å². The standard InChI is InChI=1S/C9H7.C6H7.C2H6.CH5Si.2ClH.Zr/c1-2-5-9-7-3-6-8(9)4-1;1-6-4-2-3-5-6;2*1-2;;;/h1-7H;4-5H,2H2,1H3;1-2H3;2H2,1H3;2*1H;/q;;;;;;+2/p-2. The van der Waals surface area contributed by atoms with Crippen molar-refractivity contribution < 1.29 is 45.7 Å². The first kappa shape index (κ1) is 22.1. The van der Waals surface area contributed by atoms with Gasteiger partial charge >= 0.3 is 120 Å². The molecule has 0 N–H and O–H groups in total. The first-order valence-corrected chi connectivity index (χ1v) is 17.8. The molecule has 0 amide bonds. The molecule has 2 aliphatic carbocycles. The molecule has 0 aliphatic heterocycles. The second kappa shape index (κ2) is 10.8. The van der Waals surface area contributed by atoms with Crippen LogP contribution in [-0.2, 0) is 20.9 Å². The van der Waals surface area contributed by atoms with E-state index in [1.165, 1.54) is 17.6 Å². The van der Waals surface area contributed by atoms with Crippen LogP contribution in [0.5, 0.6) is 0 Å². The molecular weight excluding hydrogens is 406 g/mol. The minimum atomic E-state index is -1.37. The van der Waals surface area contributed by atoms with Crippen molar-refractivity contribution in [2.75, 3.05) is 0 Å². The van der Waals surface area contributed by atoms with Gasteiger partial charge in [-0.2, -0.15) is 0 Å². The topological polar surface area (TPSA) is 0 Å². The van der Waals surface area contributed by atoms with Crippen molar-refractivity contribution in [3.63, 3.8) is 0 Å². The molecule has 0 nitrogen and oxygen atoms in total. The summed E-state index contributed by atoms with van der Waals surface area (Å²) in [5.41, 5.74) is 4.61. The van der Waals surface area contributed by atoms with Gasteiger partial charge in [0.15, 0.2) is 0 Å². The van der Waals surface area contributed by atoms with Crippen molar-refractivity contribution >= 4 is 12.7 Å². The Balaban J connectivity index is 0.00000106. The van der Waals surface area contributed by atoms with Gasteiger partial charge in [0.1, 0.15) is 0 Å². The van der Waals surface area contributed by atoms with Crippen molar-refractivity contribution in [1.29, 1.82) is 0 Å². The van der Waals surface area contributed by atoms with E-state index >= 15 is 0 Å². The molecule has 4 heteroatoms. The van der Waals surface area contributed by atoms with Gasteiger partial charge in [0, 0.05) is 0 Å². The van der Waals surface area contributed by atoms with E-state index in [9.17, 15) is 0 Å². The average molecular weight is 432 g/mol. The fraction of sp³-hybridized carbons (Fsp3) is 0.333. The number of hydrogen-bond donors (Lipinski definition) is 0. The second-order valence-corrected chi connectivity index (χ2v) is 21.3. The van der Waals surface area contributed by atoms with Crippen molar-refractivity contribution in [2.24, 2.45) is 0 Å². The van der Waals surface area contributed by atoms with E-state index in [2.05, 4.69) is 62.0 Å². The Kier molecular flexibility index (Phi) is 10.9. The van der Waals surface area contributed by atoms with E-state index in [-0.39, 0.29) is 31.5 Å². The molecule has 0 heterocycles. The minimum Gasteiger partial charge on any atom is -1.00 e. The van der Waals surface area contributed by atoms with Gasteiger partial charge in [-0.3, -0.25) is 0 Å². The maximum absolute atomic E-state index is 2.54. The van der Waals surface area contributed by atoms with Crippen LogP contribution < -0.4 is 24.8 Å². The normalized spacial score (nSPS) is 17.7. The largest absolute Gasteiger partial charge is 1.00 e. The van der Waals surface area contributed by atoms with E-state index in [1.807, 2.05) is 17.1 Å². The second-order valence-electron chi connectivity index (χ2n) is 5.17. The molecule has 0 saturated heterocycles. The summed E-state index contributed by atoms with van der Waals surface area (Å²) in [6, 6.07) is 9.01. The van der Waals surface area contributed by atoms with Crippen molar-refractivity contribution in [3.8, 4) is 0 Å². The number of hydrogen-bond acceptors (Lipinski definition) is 0. The summed E-state index contributed by atoms with van der Waals surface area (Å²) in [7, 11) is 0. The van der Waals surface area contributed by atoms with Gasteiger partial charge in [-0.05, 0) is 0 Å². The zero-order valence-corrected chi connectivity index (χ0v) is 19.3. The van der Waals surface area contributed by atoms with Gasteiger partial charge in [-0.15, -0.1) is 0 Å². The summed E-state index contributed by atoms with van der Waals surface area (Å²) >= 11 is -1.37. The maximum Gasteiger partial charge on any atom is -1.00 e. The van der Waals surface area contributed by atoms with Crippen molar-refractivity contribution in [2.45, 2.75) is 37.4 Å². The quantitative estimate of drug-likeness (QED) is 0.526. The van der Waals surface area contributed by atoms with Crippen LogP contribution in [0.4, 0.5) is 0 Å². The zero-order chi connectivity index (χ0) is 14.5. The van der Waals surface area contributed by atoms with E-state index in [1.54, 1.807) is 5.56 Å². The molecule has 0 fully saturated rings. The number of allylic oxidation sites excluding steroid dienone is 5. The molecule has 1 aromatic carbocycles. The molecule has 1 aromatic rings. The molecule has 0 saturated carbocycles. The molecule has 2 aliphatic rings. The summed E-state index contributed by atoms with van der Waals surface area (Å²) in [5, 5.41) is 0. The molecule has 3 rings (SSSR count). The van der Waals surface area contributed by atoms with Gasteiger partial charge in [-0.25, -0.2) is 0 Å². The van der Waals surface area contributed by atoms with E-state index < -0.39 is 20.9 Å². The minimum absolute atomic E-state index is 0. The molecule has 0 aromatic heterocycles. The fourth-order valence-corrected chi connectivity index (χ4v) is 19.4. The van der Waals surface area contributed by atoms with Crippen LogP contribution in [0.25, 0.3) is 6.08 Å². The van der Waals surface area contributed by atoms with Crippen LogP contribution in [-0.4, -0.2) is 6.65 Å². The first-order chi connectivity index (χ1) is 9.79. The molecule has 1 atom stereocenters. The van der Waals surface area contributed by atoms with Gasteiger partial charge in [-0.1, -0.05) is 13.8 Å². The predicted octanol–water partition coefficient (Wildman–Crippen LogP) is -1.23. The third kappa shape index (κ3) is 4.81. The maximum atomic E-state index is 2.54. The number of fused-ring (bicyclic) bond motifs is 1. The smallest absolute Gasteiger partial charge is 1.00 e. The van der Waals surface area contributed by atoms with Crippen molar-refractivity contribution in [3.05, 3.63) is 62.5 Å². The summed E-state index contributed by atoms with van der Waals surface area (Å²) in [6.45, 7) is 8.94. The molecule has 0 bridgehead atoms. The summed E-state index contributed by atoms with van der Waals surface area (Å²) in [6.07, 6.45) is 11.1. The van der Waals surface area contributed by atoms with Gasteiger partial charge in [0.25, 0.3) is 0 Å². The Hall–Kier alpha value is 0.120. The van der Waals surface area contributed by atoms with Crippen LogP contribution >= 0.6 is 0 Å². The van der Waals surface area contributed by atoms with E-state index in [4.69, 9.17) is 0 Å². The van der Waals surface area contributed by atoms with Crippen LogP contribution in [0.1, 0.15) is 41.9 Å². The summed E-state index contributed by atoms with van der Waals surface area (Å²) < 4.78 is 2.71. The number of benzene rings is 1. The third-order valence-electron chi connectivity index (χ3n) is 4.01. The van der Waals surface area contributed by atoms with Crippen LogP contribution in [0.15, 0.2) is 51.3 Å². The molecule has 1 unspecified atom stereocenters. The number of rotatable bonds is 3. The molecule has 22 heavy (non-hydrogen) atoms. The SMILES string of the molecule is CC.C[SiH2][Zr+2]([C]1=CC(C)=CC1)[CH]1C=Cc2ccccc21.[Cl-].[Cl-]. The monoisotopic (exact) mass is 429 g/mol. The fourth-order valence-electron chi connectivity index (χ4n) is 3.09.